The number of primary amides is 1. The number of nitrogens with zero attached hydrogens (tertiary/aromatic N) is 3. The number of methoxy groups -OCH3 is 2. The van der Waals surface area contributed by atoms with Crippen molar-refractivity contribution in [2.75, 3.05) is 40.4 Å². The Balaban J connectivity index is 0.000000176. The van der Waals surface area contributed by atoms with Gasteiger partial charge in [-0.15, -0.1) is 0 Å². The molecule has 6 aliphatic rings. The van der Waals surface area contributed by atoms with Crippen molar-refractivity contribution >= 4 is 63.2 Å². The molecular weight excluding hydrogens is 909 g/mol. The number of rotatable bonds is 13. The summed E-state index contributed by atoms with van der Waals surface area (Å²) in [5.74, 6) is -1.40. The van der Waals surface area contributed by atoms with E-state index < -0.39 is 36.0 Å². The van der Waals surface area contributed by atoms with Gasteiger partial charge in [0.25, 0.3) is 11.8 Å². The Kier molecular flexibility index (Phi) is 14.0. The Morgan fingerprint density at radius 2 is 1.17 bits per heavy atom. The maximum absolute atomic E-state index is 13.7. The molecule has 19 nitrogen and oxygen atoms in total. The summed E-state index contributed by atoms with van der Waals surface area (Å²) in [6, 6.07) is 13.7. The summed E-state index contributed by atoms with van der Waals surface area (Å²) in [4.78, 5) is 100. The Morgan fingerprint density at radius 1 is 0.718 bits per heavy atom. The number of fused-ring (bicyclic) bond motifs is 2. The van der Waals surface area contributed by atoms with E-state index >= 15 is 0 Å². The number of benzene rings is 2. The SMILES string of the molecule is COc1cccc2[nH]c(C(=O)N3CC4(CCCC4)C[C@H]3C(=O)N[C@@H](C[C@@H]3CCNC3=O)C(N)=O)cc12.COc1cccc2[nH]c(C(=O)N3CC4(CCCC4)C[C@H]3C(=O)N[C@H](C#N)C[C@@H]3CCNC3=O)cc12. The van der Waals surface area contributed by atoms with Crippen LogP contribution in [0.3, 0.4) is 0 Å². The maximum atomic E-state index is 13.7. The average Bonchev–Trinajstić information content (AvgIpc) is 4.24. The summed E-state index contributed by atoms with van der Waals surface area (Å²) in [6.45, 7) is 2.16. The van der Waals surface area contributed by atoms with E-state index in [1.54, 1.807) is 36.2 Å². The molecule has 6 fully saturated rings. The second kappa shape index (κ2) is 20.3. The van der Waals surface area contributed by atoms with E-state index in [4.69, 9.17) is 15.2 Å². The highest BCUT2D eigenvalue weighted by molar-refractivity contribution is 6.03. The first-order valence-electron chi connectivity index (χ1n) is 25.0. The van der Waals surface area contributed by atoms with Crippen molar-refractivity contribution in [3.05, 3.63) is 59.9 Å². The van der Waals surface area contributed by atoms with Crippen LogP contribution in [0, 0.1) is 34.0 Å². The molecule has 8 N–H and O–H groups in total. The summed E-state index contributed by atoms with van der Waals surface area (Å²) >= 11 is 0. The zero-order valence-electron chi connectivity index (χ0n) is 40.4. The van der Waals surface area contributed by atoms with Crippen LogP contribution in [0.25, 0.3) is 21.8 Å². The van der Waals surface area contributed by atoms with Gasteiger partial charge in [-0.1, -0.05) is 37.8 Å². The normalized spacial score (nSPS) is 23.8. The van der Waals surface area contributed by atoms with E-state index in [9.17, 15) is 38.8 Å². The van der Waals surface area contributed by atoms with Crippen LogP contribution in [0.5, 0.6) is 11.5 Å². The lowest BCUT2D eigenvalue weighted by Crippen LogP contribution is -2.53. The number of amides is 7. The Hall–Kier alpha value is -7.10. The molecule has 0 bridgehead atoms. The average molecular weight is 973 g/mol. The van der Waals surface area contributed by atoms with Gasteiger partial charge in [0.1, 0.15) is 47.1 Å². The van der Waals surface area contributed by atoms with Gasteiger partial charge in [0.15, 0.2) is 0 Å². The third-order valence-electron chi connectivity index (χ3n) is 16.1. The molecule has 7 amide bonds. The van der Waals surface area contributed by atoms with E-state index in [1.807, 2.05) is 36.4 Å². The summed E-state index contributed by atoms with van der Waals surface area (Å²) in [7, 11) is 3.17. The number of H-pyrrole nitrogens is 2. The molecule has 4 saturated heterocycles. The second-order valence-electron chi connectivity index (χ2n) is 20.6. The van der Waals surface area contributed by atoms with Crippen LogP contribution >= 0.6 is 0 Å². The van der Waals surface area contributed by atoms with Crippen LogP contribution in [0.15, 0.2) is 48.5 Å². The van der Waals surface area contributed by atoms with Crippen LogP contribution in [0.2, 0.25) is 0 Å². The van der Waals surface area contributed by atoms with Gasteiger partial charge in [0.2, 0.25) is 29.5 Å². The van der Waals surface area contributed by atoms with E-state index in [0.29, 0.717) is 74.7 Å². The van der Waals surface area contributed by atoms with E-state index in [1.165, 1.54) is 0 Å². The van der Waals surface area contributed by atoms with E-state index in [-0.39, 0.29) is 65.0 Å². The van der Waals surface area contributed by atoms with Crippen LogP contribution in [0.1, 0.15) is 111 Å². The van der Waals surface area contributed by atoms with Crippen molar-refractivity contribution in [2.45, 2.75) is 114 Å². The quantitative estimate of drug-likeness (QED) is 0.101. The van der Waals surface area contributed by atoms with Crippen molar-refractivity contribution in [3.63, 3.8) is 0 Å². The second-order valence-corrected chi connectivity index (χ2v) is 20.6. The van der Waals surface area contributed by atoms with Crippen LogP contribution in [-0.4, -0.2) is 126 Å². The van der Waals surface area contributed by atoms with Gasteiger partial charge >= 0.3 is 0 Å². The molecule has 2 saturated carbocycles. The summed E-state index contributed by atoms with van der Waals surface area (Å²) in [5, 5.41) is 22.4. The third kappa shape index (κ3) is 9.98. The molecular formula is C52H64N10O9. The molecule has 19 heteroatoms. The summed E-state index contributed by atoms with van der Waals surface area (Å²) in [6.07, 6.45) is 11.1. The van der Waals surface area contributed by atoms with Crippen molar-refractivity contribution in [1.82, 2.24) is 41.0 Å². The number of aromatic amines is 2. The number of aromatic nitrogens is 2. The van der Waals surface area contributed by atoms with Crippen molar-refractivity contribution in [3.8, 4) is 17.6 Å². The van der Waals surface area contributed by atoms with E-state index in [0.717, 1.165) is 73.2 Å². The van der Waals surface area contributed by atoms with Crippen molar-refractivity contribution in [2.24, 2.45) is 28.4 Å². The minimum absolute atomic E-state index is 0.0607. The molecule has 2 aromatic carbocycles. The number of carbonyl (C=O) groups is 7. The zero-order valence-corrected chi connectivity index (χ0v) is 40.4. The molecule has 376 valence electrons. The minimum atomic E-state index is -0.972. The van der Waals surface area contributed by atoms with Crippen LogP contribution in [-0.2, 0) is 24.0 Å². The lowest BCUT2D eigenvalue weighted by Gasteiger charge is -2.26. The molecule has 6 atom stereocenters. The zero-order chi connectivity index (χ0) is 50.0. The first kappa shape index (κ1) is 48.9. The standard InChI is InChI=1S/C26H33N5O5.C26H31N5O4/c1-36-21-6-4-5-17-16(21)12-19(29-17)25(35)31-14-26(8-2-3-9-26)13-20(31)24(34)30-18(22(27)32)11-15-7-10-28-23(15)33;1-35-22-6-4-5-19-18(22)12-20(30-19)25(34)31-15-26(8-2-3-9-26)13-21(31)24(33)29-17(14-27)11-16-7-10-28-23(16)32/h4-6,12,15,18,20,29H,2-3,7-11,13-14H2,1H3,(H2,27,32)(H,28,33)(H,30,34);4-6,12,16-17,21,30H,2-3,7-11,13,15H2,1H3,(H,28,32)(H,29,33)/t15-,18-,20-;16-,17-,21-/m00/s1. The van der Waals surface area contributed by atoms with Gasteiger partial charge in [-0.3, -0.25) is 33.6 Å². The fourth-order valence-corrected chi connectivity index (χ4v) is 12.4. The Bertz CT molecular complexity index is 2760. The van der Waals surface area contributed by atoms with Crippen molar-refractivity contribution < 1.29 is 43.0 Å². The van der Waals surface area contributed by atoms with Gasteiger partial charge in [-0.2, -0.15) is 5.26 Å². The van der Waals surface area contributed by atoms with Gasteiger partial charge in [0.05, 0.1) is 20.3 Å². The molecule has 4 aliphatic heterocycles. The van der Waals surface area contributed by atoms with Crippen molar-refractivity contribution in [1.29, 1.82) is 5.26 Å². The minimum Gasteiger partial charge on any atom is -0.496 e. The van der Waals surface area contributed by atoms with Gasteiger partial charge in [-0.05, 0) is 111 Å². The Labute approximate surface area is 411 Å². The van der Waals surface area contributed by atoms with Crippen LogP contribution in [0.4, 0.5) is 0 Å². The topological polar surface area (TPSA) is 274 Å². The molecule has 0 radical (unpaired) electrons. The lowest BCUT2D eigenvalue weighted by atomic mass is 9.83. The maximum Gasteiger partial charge on any atom is 0.271 e. The number of hydrogen-bond donors (Lipinski definition) is 7. The fourth-order valence-electron chi connectivity index (χ4n) is 12.4. The predicted octanol–water partition coefficient (Wildman–Crippen LogP) is 3.93. The molecule has 10 rings (SSSR count). The van der Waals surface area contributed by atoms with Gasteiger partial charge in [0, 0.05) is 59.8 Å². The fraction of sp³-hybridized carbons (Fsp3) is 0.538. The summed E-state index contributed by atoms with van der Waals surface area (Å²) < 4.78 is 10.9. The molecule has 0 unspecified atom stereocenters. The molecule has 2 spiro atoms. The molecule has 71 heavy (non-hydrogen) atoms. The highest BCUT2D eigenvalue weighted by atomic mass is 16.5. The number of nitriles is 1. The molecule has 2 aromatic heterocycles. The van der Waals surface area contributed by atoms with E-state index in [2.05, 4.69) is 37.3 Å². The Morgan fingerprint density at radius 3 is 1.58 bits per heavy atom. The number of hydrogen-bond acceptors (Lipinski definition) is 10. The first-order valence-corrected chi connectivity index (χ1v) is 25.0. The van der Waals surface area contributed by atoms with Crippen LogP contribution < -0.4 is 36.5 Å². The summed E-state index contributed by atoms with van der Waals surface area (Å²) in [5.41, 5.74) is 7.80. The van der Waals surface area contributed by atoms with Gasteiger partial charge in [-0.25, -0.2) is 0 Å². The molecule has 2 aliphatic carbocycles. The molecule has 4 aromatic rings. The lowest BCUT2D eigenvalue weighted by molar-refractivity contribution is -0.131. The monoisotopic (exact) mass is 972 g/mol. The van der Waals surface area contributed by atoms with Gasteiger partial charge < -0.3 is 56.2 Å². The predicted molar refractivity (Wildman–Crippen MR) is 261 cm³/mol. The molecule has 6 heterocycles. The number of ether oxygens (including phenoxy) is 2. The number of nitrogens with two attached hydrogens (primary N) is 1. The largest absolute Gasteiger partial charge is 0.496 e. The number of likely N-dealkylation sites (tertiary alicyclic amines) is 2. The number of carbonyl (C=O) groups excluding carboxylic acids is 7. The number of nitrogens with one attached hydrogen (secondary N) is 6. The smallest absolute Gasteiger partial charge is 0.271 e. The highest BCUT2D eigenvalue weighted by Crippen LogP contribution is 2.49. The highest BCUT2D eigenvalue weighted by Gasteiger charge is 2.52. The first-order chi connectivity index (χ1) is 34.2. The third-order valence-corrected chi connectivity index (χ3v) is 16.1.